The van der Waals surface area contributed by atoms with Crippen LogP contribution in [0.3, 0.4) is 0 Å². The third-order valence-corrected chi connectivity index (χ3v) is 5.16. The number of carbonyl (C=O) groups is 3. The lowest BCUT2D eigenvalue weighted by Crippen LogP contribution is -2.41. The zero-order chi connectivity index (χ0) is 23.8. The Bertz CT molecular complexity index is 1080. The molecule has 0 fully saturated rings. The van der Waals surface area contributed by atoms with Gasteiger partial charge in [0.2, 0.25) is 0 Å². The molecule has 0 bridgehead atoms. The van der Waals surface area contributed by atoms with E-state index in [-0.39, 0.29) is 12.8 Å². The Hall–Kier alpha value is -3.99. The fraction of sp³-hybridized carbons (Fsp3) is 0.318. The Balaban J connectivity index is 1.62. The molecule has 1 amide bonds. The van der Waals surface area contributed by atoms with Gasteiger partial charge in [-0.25, -0.2) is 14.8 Å². The van der Waals surface area contributed by atoms with Crippen molar-refractivity contribution >= 4 is 23.7 Å². The third-order valence-electron chi connectivity index (χ3n) is 5.16. The minimum atomic E-state index is -0.963. The standard InChI is InChI=1S/C22H25N5O6/c1-32-18(28)8-7-17(22(30)33-2)25-21(29)15-5-3-14(4-6-15)10-12-27-13-24-19-16(9-11-23-19)20(27)26-31/h3-6,9,11,13,17,26,31H,7-8,10,12H2,1-2H3,(H,25,29)/t17-/m0/s1. The normalized spacial score (nSPS) is 11.6. The van der Waals surface area contributed by atoms with E-state index in [0.717, 1.165) is 5.56 Å². The highest BCUT2D eigenvalue weighted by Crippen LogP contribution is 2.26. The van der Waals surface area contributed by atoms with E-state index < -0.39 is 23.9 Å². The van der Waals surface area contributed by atoms with Gasteiger partial charge < -0.3 is 19.4 Å². The van der Waals surface area contributed by atoms with Crippen molar-refractivity contribution in [2.45, 2.75) is 31.8 Å². The summed E-state index contributed by atoms with van der Waals surface area (Å²) in [7, 11) is 2.47. The maximum atomic E-state index is 12.6. The highest BCUT2D eigenvalue weighted by molar-refractivity contribution is 5.96. The second kappa shape index (κ2) is 11.0. The van der Waals surface area contributed by atoms with Crippen LogP contribution in [0.1, 0.15) is 28.8 Å². The molecule has 1 aromatic rings. The van der Waals surface area contributed by atoms with Gasteiger partial charge in [-0.1, -0.05) is 12.1 Å². The number of ether oxygens (including phenoxy) is 2. The molecule has 2 aliphatic heterocycles. The smallest absolute Gasteiger partial charge is 0.328 e. The van der Waals surface area contributed by atoms with E-state index in [1.165, 1.54) is 14.2 Å². The number of nitrogens with zero attached hydrogens (tertiary/aromatic N) is 3. The topological polar surface area (TPSA) is 145 Å². The molecule has 0 aliphatic carbocycles. The zero-order valence-electron chi connectivity index (χ0n) is 18.3. The molecule has 0 spiro atoms. The number of nitrogens with one attached hydrogen (secondary N) is 2. The van der Waals surface area contributed by atoms with Gasteiger partial charge in [-0.05, 0) is 36.6 Å². The van der Waals surface area contributed by atoms with Crippen molar-refractivity contribution in [1.29, 1.82) is 0 Å². The second-order valence-electron chi connectivity index (χ2n) is 7.19. The van der Waals surface area contributed by atoms with Crippen LogP contribution in [-0.2, 0) is 32.0 Å². The van der Waals surface area contributed by atoms with Gasteiger partial charge in [-0.3, -0.25) is 20.3 Å². The molecule has 11 heteroatoms. The molecule has 1 atom stereocenters. The number of anilines is 1. The zero-order valence-corrected chi connectivity index (χ0v) is 18.3. The molecule has 1 aromatic carbocycles. The van der Waals surface area contributed by atoms with E-state index >= 15 is 0 Å². The Labute approximate surface area is 190 Å². The minimum Gasteiger partial charge on any atom is -0.469 e. The number of aryl methyl sites for hydroxylation is 2. The number of aromatic nitrogens is 3. The molecule has 2 aliphatic rings. The summed E-state index contributed by atoms with van der Waals surface area (Å²) >= 11 is 0. The van der Waals surface area contributed by atoms with E-state index in [2.05, 4.69) is 25.5 Å². The van der Waals surface area contributed by atoms with Crippen LogP contribution in [-0.4, -0.2) is 57.8 Å². The molecule has 33 heavy (non-hydrogen) atoms. The van der Waals surface area contributed by atoms with Crippen LogP contribution in [0, 0.1) is 0 Å². The van der Waals surface area contributed by atoms with Gasteiger partial charge in [0.05, 0.1) is 26.1 Å². The van der Waals surface area contributed by atoms with Gasteiger partial charge in [0.1, 0.15) is 11.9 Å². The minimum absolute atomic E-state index is 0.0285. The SMILES string of the molecule is COC(=O)CC[C@H](NC(=O)c1ccc(CCn2cnc3nccc-3c2NO)cc1)C(=O)OC. The number of methoxy groups -OCH3 is 2. The van der Waals surface area contributed by atoms with Gasteiger partial charge in [0.25, 0.3) is 5.91 Å². The van der Waals surface area contributed by atoms with Crippen molar-refractivity contribution in [1.82, 2.24) is 19.9 Å². The molecule has 0 unspecified atom stereocenters. The Morgan fingerprint density at radius 2 is 1.85 bits per heavy atom. The third kappa shape index (κ3) is 5.83. The van der Waals surface area contributed by atoms with E-state index in [1.54, 1.807) is 47.4 Å². The average molecular weight is 455 g/mol. The Morgan fingerprint density at radius 1 is 1.09 bits per heavy atom. The number of hydrogen-bond donors (Lipinski definition) is 3. The first-order chi connectivity index (χ1) is 16.0. The number of hydrogen-bond acceptors (Lipinski definition) is 9. The van der Waals surface area contributed by atoms with Crippen LogP contribution >= 0.6 is 0 Å². The first-order valence-corrected chi connectivity index (χ1v) is 10.2. The fourth-order valence-corrected chi connectivity index (χ4v) is 3.31. The molecular weight excluding hydrogens is 430 g/mol. The van der Waals surface area contributed by atoms with Crippen molar-refractivity contribution in [3.05, 3.63) is 54.0 Å². The van der Waals surface area contributed by atoms with Crippen molar-refractivity contribution in [2.75, 3.05) is 19.7 Å². The van der Waals surface area contributed by atoms with E-state index in [1.807, 2.05) is 0 Å². The van der Waals surface area contributed by atoms with Crippen LogP contribution in [0.25, 0.3) is 11.4 Å². The van der Waals surface area contributed by atoms with Gasteiger partial charge in [-0.2, -0.15) is 0 Å². The van der Waals surface area contributed by atoms with Gasteiger partial charge in [-0.15, -0.1) is 0 Å². The molecule has 0 saturated carbocycles. The lowest BCUT2D eigenvalue weighted by atomic mass is 10.1. The summed E-state index contributed by atoms with van der Waals surface area (Å²) in [6.07, 6.45) is 3.87. The molecule has 0 saturated heterocycles. The predicted octanol–water partition coefficient (Wildman–Crippen LogP) is 1.65. The molecule has 0 radical (unpaired) electrons. The number of benzene rings is 1. The molecule has 0 aromatic heterocycles. The van der Waals surface area contributed by atoms with E-state index in [0.29, 0.717) is 35.7 Å². The summed E-state index contributed by atoms with van der Waals surface area (Å²) in [5.41, 5.74) is 4.23. The highest BCUT2D eigenvalue weighted by atomic mass is 16.5. The van der Waals surface area contributed by atoms with Gasteiger partial charge in [0, 0.05) is 24.7 Å². The maximum Gasteiger partial charge on any atom is 0.328 e. The van der Waals surface area contributed by atoms with Crippen LogP contribution in [0.2, 0.25) is 0 Å². The van der Waals surface area contributed by atoms with E-state index in [4.69, 9.17) is 4.74 Å². The van der Waals surface area contributed by atoms with Crippen LogP contribution in [0.4, 0.5) is 5.82 Å². The van der Waals surface area contributed by atoms with Crippen molar-refractivity contribution in [3.63, 3.8) is 0 Å². The number of amides is 1. The quantitative estimate of drug-likeness (QED) is 0.307. The molecular formula is C22H25N5O6. The summed E-state index contributed by atoms with van der Waals surface area (Å²) in [6.45, 7) is 0.528. The van der Waals surface area contributed by atoms with Gasteiger partial charge in [0.15, 0.2) is 5.82 Å². The Kier molecular flexibility index (Phi) is 7.92. The van der Waals surface area contributed by atoms with E-state index in [9.17, 15) is 19.6 Å². The summed E-state index contributed by atoms with van der Waals surface area (Å²) in [5, 5.41) is 12.1. The van der Waals surface area contributed by atoms with Crippen LogP contribution < -0.4 is 10.8 Å². The predicted molar refractivity (Wildman–Crippen MR) is 117 cm³/mol. The number of esters is 2. The lowest BCUT2D eigenvalue weighted by Gasteiger charge is -2.16. The summed E-state index contributed by atoms with van der Waals surface area (Å²) in [5.74, 6) is -0.547. The van der Waals surface area contributed by atoms with Crippen molar-refractivity contribution in [3.8, 4) is 11.4 Å². The molecule has 3 N–H and O–H groups in total. The summed E-state index contributed by atoms with van der Waals surface area (Å²) in [4.78, 5) is 44.3. The average Bonchev–Trinajstić information content (AvgIpc) is 3.33. The largest absolute Gasteiger partial charge is 0.469 e. The van der Waals surface area contributed by atoms with Gasteiger partial charge >= 0.3 is 11.9 Å². The lowest BCUT2D eigenvalue weighted by molar-refractivity contribution is -0.144. The summed E-state index contributed by atoms with van der Waals surface area (Å²) in [6, 6.07) is 7.71. The number of rotatable bonds is 10. The monoisotopic (exact) mass is 455 g/mol. The van der Waals surface area contributed by atoms with Crippen molar-refractivity contribution in [2.24, 2.45) is 0 Å². The molecule has 174 valence electrons. The number of fused-ring (bicyclic) bond motifs is 1. The first-order valence-electron chi connectivity index (χ1n) is 10.2. The van der Waals surface area contributed by atoms with Crippen LogP contribution in [0.15, 0.2) is 42.9 Å². The maximum absolute atomic E-state index is 12.6. The van der Waals surface area contributed by atoms with Crippen molar-refractivity contribution < 1.29 is 29.1 Å². The molecule has 3 rings (SSSR count). The Morgan fingerprint density at radius 3 is 2.52 bits per heavy atom. The first kappa shape index (κ1) is 23.7. The molecule has 11 nitrogen and oxygen atoms in total. The summed E-state index contributed by atoms with van der Waals surface area (Å²) < 4.78 is 11.1. The number of carbonyl (C=O) groups excluding carboxylic acids is 3. The fourth-order valence-electron chi connectivity index (χ4n) is 3.31. The van der Waals surface area contributed by atoms with Crippen LogP contribution in [0.5, 0.6) is 0 Å². The highest BCUT2D eigenvalue weighted by Gasteiger charge is 2.23. The molecule has 2 heterocycles. The second-order valence-corrected chi connectivity index (χ2v) is 7.19.